The highest BCUT2D eigenvalue weighted by molar-refractivity contribution is 6.20. The second kappa shape index (κ2) is 11.0. The summed E-state index contributed by atoms with van der Waals surface area (Å²) in [6, 6.07) is 16.6. The van der Waals surface area contributed by atoms with Gasteiger partial charge in [-0.1, -0.05) is 24.3 Å². The fourth-order valence-electron chi connectivity index (χ4n) is 4.10. The van der Waals surface area contributed by atoms with Gasteiger partial charge in [-0.3, -0.25) is 9.80 Å². The van der Waals surface area contributed by atoms with Crippen LogP contribution in [0.1, 0.15) is 11.1 Å². The third-order valence-electron chi connectivity index (χ3n) is 6.17. The van der Waals surface area contributed by atoms with Gasteiger partial charge >= 0.3 is 7.69 Å². The second-order valence-corrected chi connectivity index (χ2v) is 8.79. The third kappa shape index (κ3) is 6.97. The number of likely N-dealkylation sites (N-methyl/N-ethyl adjacent to an activating group) is 2. The van der Waals surface area contributed by atoms with Crippen molar-refractivity contribution in [1.29, 1.82) is 0 Å². The van der Waals surface area contributed by atoms with E-state index < -0.39 is 0 Å². The summed E-state index contributed by atoms with van der Waals surface area (Å²) >= 11 is 0. The van der Waals surface area contributed by atoms with Gasteiger partial charge in [0.2, 0.25) is 0 Å². The van der Waals surface area contributed by atoms with E-state index >= 15 is 0 Å². The van der Waals surface area contributed by atoms with Crippen molar-refractivity contribution in [3.05, 3.63) is 59.7 Å². The Kier molecular flexibility index (Phi) is 7.86. The molecule has 2 saturated heterocycles. The third-order valence-corrected chi connectivity index (χ3v) is 6.17. The average Bonchev–Trinajstić information content (AvgIpc) is 2.78. The highest BCUT2D eigenvalue weighted by atomic mass is 16.6. The van der Waals surface area contributed by atoms with E-state index in [1.165, 1.54) is 18.8 Å². The molecule has 2 fully saturated rings. The van der Waals surface area contributed by atoms with Crippen molar-refractivity contribution in [3.8, 4) is 11.5 Å². The van der Waals surface area contributed by atoms with Gasteiger partial charge in [0.05, 0.1) is 0 Å². The van der Waals surface area contributed by atoms with Crippen molar-refractivity contribution >= 4 is 7.69 Å². The molecule has 0 bridgehead atoms. The summed E-state index contributed by atoms with van der Waals surface area (Å²) in [5, 5.41) is 0. The highest BCUT2D eigenvalue weighted by Gasteiger charge is 2.15. The highest BCUT2D eigenvalue weighted by Crippen LogP contribution is 2.18. The Morgan fingerprint density at radius 1 is 0.645 bits per heavy atom. The van der Waals surface area contributed by atoms with Crippen LogP contribution >= 0.6 is 0 Å². The number of hydrogen-bond donors (Lipinski definition) is 0. The summed E-state index contributed by atoms with van der Waals surface area (Å²) < 4.78 is 11.5. The Balaban J connectivity index is 1.24. The maximum absolute atomic E-state index is 5.77. The van der Waals surface area contributed by atoms with E-state index in [1.54, 1.807) is 0 Å². The van der Waals surface area contributed by atoms with Crippen LogP contribution in [0.2, 0.25) is 0 Å². The van der Waals surface area contributed by atoms with Gasteiger partial charge in [0.1, 0.15) is 11.5 Å². The van der Waals surface area contributed by atoms with Crippen molar-refractivity contribution in [3.63, 3.8) is 0 Å². The SMILES string of the molecule is CN1CCN(Cc2cccc(O[B]Oc3cccc(CN4CCN(C)CC4)c3)c2)CC1. The maximum atomic E-state index is 5.77. The Morgan fingerprint density at radius 2 is 1.06 bits per heavy atom. The minimum absolute atomic E-state index is 0.806. The van der Waals surface area contributed by atoms with E-state index in [2.05, 4.69) is 58.0 Å². The molecule has 4 rings (SSSR count). The first-order valence-corrected chi connectivity index (χ1v) is 11.3. The molecule has 7 heteroatoms. The Labute approximate surface area is 187 Å². The van der Waals surface area contributed by atoms with Crippen LogP contribution in [0.25, 0.3) is 0 Å². The normalized spacial score (nSPS) is 19.3. The largest absolute Gasteiger partial charge is 0.658 e. The van der Waals surface area contributed by atoms with Crippen LogP contribution in [-0.4, -0.2) is 93.7 Å². The molecule has 2 aliphatic heterocycles. The number of nitrogens with zero attached hydrogens (tertiary/aromatic N) is 4. The standard InChI is InChI=1S/C24H34BN4O2/c1-26-9-13-28(14-10-26)19-21-5-3-7-23(17-21)30-25-31-24-8-4-6-22(18-24)20-29-15-11-27(2)12-16-29/h3-8,17-18H,9-16,19-20H2,1-2H3. The first-order chi connectivity index (χ1) is 15.1. The molecule has 0 N–H and O–H groups in total. The minimum atomic E-state index is 0.806. The maximum Gasteiger partial charge on any atom is 0.658 e. The summed E-state index contributed by atoms with van der Waals surface area (Å²) in [6.07, 6.45) is 0. The van der Waals surface area contributed by atoms with Gasteiger partial charge in [0, 0.05) is 65.4 Å². The van der Waals surface area contributed by atoms with Crippen molar-refractivity contribution < 1.29 is 9.31 Å². The van der Waals surface area contributed by atoms with Crippen molar-refractivity contribution in [2.75, 3.05) is 66.5 Å². The van der Waals surface area contributed by atoms with Crippen LogP contribution in [0.4, 0.5) is 0 Å². The molecule has 0 aliphatic carbocycles. The summed E-state index contributed by atoms with van der Waals surface area (Å²) in [5.74, 6) is 1.61. The van der Waals surface area contributed by atoms with Crippen LogP contribution in [0, 0.1) is 0 Å². The lowest BCUT2D eigenvalue weighted by Crippen LogP contribution is -2.43. The van der Waals surface area contributed by atoms with Crippen LogP contribution < -0.4 is 9.31 Å². The number of rotatable bonds is 8. The topological polar surface area (TPSA) is 31.4 Å². The lowest BCUT2D eigenvalue weighted by molar-refractivity contribution is 0.148. The molecule has 0 aromatic heterocycles. The molecule has 0 amide bonds. The van der Waals surface area contributed by atoms with E-state index in [0.717, 1.165) is 76.9 Å². The minimum Gasteiger partial charge on any atom is -0.526 e. The smallest absolute Gasteiger partial charge is 0.526 e. The molecular weight excluding hydrogens is 387 g/mol. The van der Waals surface area contributed by atoms with E-state index in [9.17, 15) is 0 Å². The molecule has 0 atom stereocenters. The van der Waals surface area contributed by atoms with Gasteiger partial charge in [0.25, 0.3) is 0 Å². The molecule has 2 heterocycles. The fourth-order valence-corrected chi connectivity index (χ4v) is 4.10. The first kappa shape index (κ1) is 22.2. The van der Waals surface area contributed by atoms with Gasteiger partial charge in [0.15, 0.2) is 0 Å². The molecule has 2 aromatic rings. The van der Waals surface area contributed by atoms with Gasteiger partial charge in [-0.15, -0.1) is 0 Å². The predicted molar refractivity (Wildman–Crippen MR) is 125 cm³/mol. The molecule has 0 spiro atoms. The molecule has 1 radical (unpaired) electrons. The van der Waals surface area contributed by atoms with Crippen molar-refractivity contribution in [2.24, 2.45) is 0 Å². The monoisotopic (exact) mass is 421 g/mol. The number of hydrogen-bond acceptors (Lipinski definition) is 6. The van der Waals surface area contributed by atoms with E-state index in [-0.39, 0.29) is 0 Å². The second-order valence-electron chi connectivity index (χ2n) is 8.79. The Morgan fingerprint density at radius 3 is 1.48 bits per heavy atom. The van der Waals surface area contributed by atoms with Gasteiger partial charge in [-0.2, -0.15) is 0 Å². The van der Waals surface area contributed by atoms with Gasteiger partial charge < -0.3 is 19.1 Å². The molecule has 2 aliphatic rings. The van der Waals surface area contributed by atoms with Gasteiger partial charge in [-0.25, -0.2) is 0 Å². The molecule has 2 aromatic carbocycles. The Bertz CT molecular complexity index is 753. The van der Waals surface area contributed by atoms with Crippen LogP contribution in [-0.2, 0) is 13.1 Å². The van der Waals surface area contributed by atoms with E-state index in [1.807, 2.05) is 24.3 Å². The molecular formula is C24H34BN4O2. The van der Waals surface area contributed by atoms with Crippen molar-refractivity contribution in [1.82, 2.24) is 19.6 Å². The molecule has 0 unspecified atom stereocenters. The lowest BCUT2D eigenvalue weighted by Gasteiger charge is -2.32. The zero-order chi connectivity index (χ0) is 21.5. The van der Waals surface area contributed by atoms with Crippen molar-refractivity contribution in [2.45, 2.75) is 13.1 Å². The van der Waals surface area contributed by atoms with Crippen LogP contribution in [0.5, 0.6) is 11.5 Å². The predicted octanol–water partition coefficient (Wildman–Crippen LogP) is 2.17. The van der Waals surface area contributed by atoms with E-state index in [4.69, 9.17) is 9.31 Å². The zero-order valence-electron chi connectivity index (χ0n) is 18.9. The van der Waals surface area contributed by atoms with Crippen LogP contribution in [0.15, 0.2) is 48.5 Å². The summed E-state index contributed by atoms with van der Waals surface area (Å²) in [4.78, 5) is 9.74. The summed E-state index contributed by atoms with van der Waals surface area (Å²) in [5.41, 5.74) is 2.54. The Hall–Kier alpha value is -2.06. The number of piperazine rings is 2. The fraction of sp³-hybridized carbons (Fsp3) is 0.500. The molecule has 6 nitrogen and oxygen atoms in total. The van der Waals surface area contributed by atoms with E-state index in [0.29, 0.717) is 0 Å². The summed E-state index contributed by atoms with van der Waals surface area (Å²) in [6.45, 7) is 10.9. The quantitative estimate of drug-likeness (QED) is 0.608. The number of benzene rings is 2. The molecule has 31 heavy (non-hydrogen) atoms. The van der Waals surface area contributed by atoms with Gasteiger partial charge in [-0.05, 0) is 49.5 Å². The lowest BCUT2D eigenvalue weighted by atomic mass is 10.1. The molecule has 0 saturated carbocycles. The van der Waals surface area contributed by atoms with Crippen LogP contribution in [0.3, 0.4) is 0 Å². The first-order valence-electron chi connectivity index (χ1n) is 11.3. The average molecular weight is 421 g/mol. The zero-order valence-corrected chi connectivity index (χ0v) is 18.9. The summed E-state index contributed by atoms with van der Waals surface area (Å²) in [7, 11) is 5.80. The molecule has 165 valence electrons.